The van der Waals surface area contributed by atoms with Crippen molar-refractivity contribution in [3.05, 3.63) is 28.3 Å². The predicted molar refractivity (Wildman–Crippen MR) is 80.3 cm³/mol. The van der Waals surface area contributed by atoms with E-state index in [-0.39, 0.29) is 5.69 Å². The normalized spacial score (nSPS) is 15.6. The van der Waals surface area contributed by atoms with Gasteiger partial charge in [-0.3, -0.25) is 10.1 Å². The first-order valence-corrected chi connectivity index (χ1v) is 7.52. The van der Waals surface area contributed by atoms with E-state index in [2.05, 4.69) is 10.3 Å². The molecular formula is C15H19N3O3. The highest BCUT2D eigenvalue weighted by atomic mass is 16.6. The number of rotatable bonds is 6. The van der Waals surface area contributed by atoms with Gasteiger partial charge in [-0.1, -0.05) is 31.7 Å². The van der Waals surface area contributed by atoms with Crippen LogP contribution in [0, 0.1) is 16.0 Å². The van der Waals surface area contributed by atoms with Crippen molar-refractivity contribution in [1.82, 2.24) is 4.98 Å². The Bertz CT molecular complexity index is 632. The molecule has 6 nitrogen and oxygen atoms in total. The van der Waals surface area contributed by atoms with E-state index in [4.69, 9.17) is 4.42 Å². The van der Waals surface area contributed by atoms with E-state index in [1.165, 1.54) is 38.2 Å². The second kappa shape index (κ2) is 6.11. The molecule has 0 saturated heterocycles. The number of benzene rings is 1. The molecule has 0 radical (unpaired) electrons. The van der Waals surface area contributed by atoms with Crippen LogP contribution in [0.3, 0.4) is 0 Å². The van der Waals surface area contributed by atoms with E-state index >= 15 is 0 Å². The van der Waals surface area contributed by atoms with Crippen LogP contribution in [-0.2, 0) is 0 Å². The summed E-state index contributed by atoms with van der Waals surface area (Å²) in [4.78, 5) is 14.7. The average molecular weight is 289 g/mol. The fourth-order valence-corrected chi connectivity index (χ4v) is 3.04. The number of oxazole rings is 1. The van der Waals surface area contributed by atoms with Gasteiger partial charge in [-0.2, -0.15) is 4.98 Å². The van der Waals surface area contributed by atoms with Crippen LogP contribution in [0.15, 0.2) is 22.6 Å². The zero-order valence-electron chi connectivity index (χ0n) is 11.9. The Hall–Kier alpha value is -2.11. The smallest absolute Gasteiger partial charge is 0.298 e. The lowest BCUT2D eigenvalue weighted by Crippen LogP contribution is -2.04. The van der Waals surface area contributed by atoms with Crippen LogP contribution in [0.5, 0.6) is 0 Å². The first-order valence-electron chi connectivity index (χ1n) is 7.52. The largest absolute Gasteiger partial charge is 0.423 e. The minimum absolute atomic E-state index is 0.0183. The van der Waals surface area contributed by atoms with Crippen LogP contribution >= 0.6 is 0 Å². The molecule has 0 spiro atoms. The summed E-state index contributed by atoms with van der Waals surface area (Å²) in [6, 6.07) is 5.11. The average Bonchev–Trinajstić information content (AvgIpc) is 3.11. The van der Waals surface area contributed by atoms with Crippen molar-refractivity contribution in [2.24, 2.45) is 5.92 Å². The summed E-state index contributed by atoms with van der Waals surface area (Å²) in [5.74, 6) is 0.872. The summed E-state index contributed by atoms with van der Waals surface area (Å²) in [5, 5.41) is 14.1. The van der Waals surface area contributed by atoms with E-state index in [1.807, 2.05) is 0 Å². The lowest BCUT2D eigenvalue weighted by atomic mass is 10.0. The van der Waals surface area contributed by atoms with Gasteiger partial charge in [-0.05, 0) is 24.8 Å². The number of nitrogens with zero attached hydrogens (tertiary/aromatic N) is 2. The summed E-state index contributed by atoms with van der Waals surface area (Å²) in [6.07, 6.45) is 7.75. The summed E-state index contributed by atoms with van der Waals surface area (Å²) in [6.45, 7) is 0.789. The second-order valence-electron chi connectivity index (χ2n) is 5.62. The lowest BCUT2D eigenvalue weighted by Gasteiger charge is -2.07. The monoisotopic (exact) mass is 289 g/mol. The number of para-hydroxylation sites is 1. The molecule has 0 unspecified atom stereocenters. The van der Waals surface area contributed by atoms with Crippen molar-refractivity contribution in [3.63, 3.8) is 0 Å². The number of hydrogen-bond acceptors (Lipinski definition) is 5. The maximum absolute atomic E-state index is 10.9. The number of anilines is 1. The van der Waals surface area contributed by atoms with Crippen LogP contribution in [0.1, 0.15) is 38.5 Å². The topological polar surface area (TPSA) is 81.2 Å². The van der Waals surface area contributed by atoms with Crippen molar-refractivity contribution in [3.8, 4) is 0 Å². The van der Waals surface area contributed by atoms with E-state index < -0.39 is 4.92 Å². The maximum Gasteiger partial charge on any atom is 0.298 e. The quantitative estimate of drug-likeness (QED) is 0.491. The third-order valence-electron chi connectivity index (χ3n) is 4.13. The summed E-state index contributed by atoms with van der Waals surface area (Å²) in [5.41, 5.74) is 0.735. The molecule has 2 aromatic rings. The number of hydrogen-bond donors (Lipinski definition) is 1. The molecule has 1 heterocycles. The van der Waals surface area contributed by atoms with Crippen molar-refractivity contribution in [1.29, 1.82) is 0 Å². The van der Waals surface area contributed by atoms with Crippen LogP contribution in [0.25, 0.3) is 11.1 Å². The van der Waals surface area contributed by atoms with E-state index in [9.17, 15) is 10.1 Å². The number of aromatic nitrogens is 1. The standard InChI is InChI=1S/C15H19N3O3/c19-18(20)12-8-3-9-13-14(12)17-15(21-13)16-10-4-7-11-5-1-2-6-11/h3,8-9,11H,1-2,4-7,10H2,(H,16,17). The van der Waals surface area contributed by atoms with Crippen LogP contribution in [0.2, 0.25) is 0 Å². The van der Waals surface area contributed by atoms with E-state index in [1.54, 1.807) is 12.1 Å². The lowest BCUT2D eigenvalue weighted by molar-refractivity contribution is -0.383. The Morgan fingerprint density at radius 1 is 1.38 bits per heavy atom. The minimum atomic E-state index is -0.436. The Balaban J connectivity index is 1.59. The van der Waals surface area contributed by atoms with Crippen molar-refractivity contribution < 1.29 is 9.34 Å². The first kappa shape index (κ1) is 13.9. The first-order chi connectivity index (χ1) is 10.2. The second-order valence-corrected chi connectivity index (χ2v) is 5.62. The third-order valence-corrected chi connectivity index (χ3v) is 4.13. The molecule has 1 aromatic carbocycles. The van der Waals surface area contributed by atoms with Gasteiger partial charge in [0.1, 0.15) is 0 Å². The Morgan fingerprint density at radius 3 is 2.95 bits per heavy atom. The predicted octanol–water partition coefficient (Wildman–Crippen LogP) is 4.12. The molecule has 1 N–H and O–H groups in total. The van der Waals surface area contributed by atoms with Gasteiger partial charge >= 0.3 is 0 Å². The number of fused-ring (bicyclic) bond motifs is 1. The molecule has 1 fully saturated rings. The van der Waals surface area contributed by atoms with Crippen LogP contribution < -0.4 is 5.32 Å². The third kappa shape index (κ3) is 3.15. The number of nitro groups is 1. The van der Waals surface area contributed by atoms with Gasteiger partial charge in [0.25, 0.3) is 11.7 Å². The van der Waals surface area contributed by atoms with Gasteiger partial charge in [0.2, 0.25) is 0 Å². The Labute approximate surface area is 122 Å². The summed E-state index contributed by atoms with van der Waals surface area (Å²) >= 11 is 0. The van der Waals surface area contributed by atoms with Crippen molar-refractivity contribution in [2.75, 3.05) is 11.9 Å². The molecule has 1 aliphatic carbocycles. The highest BCUT2D eigenvalue weighted by Crippen LogP contribution is 2.29. The van der Waals surface area contributed by atoms with Gasteiger partial charge in [0.05, 0.1) is 4.92 Å². The molecular weight excluding hydrogens is 270 g/mol. The zero-order chi connectivity index (χ0) is 14.7. The molecule has 0 amide bonds. The highest BCUT2D eigenvalue weighted by Gasteiger charge is 2.17. The SMILES string of the molecule is O=[N+]([O-])c1cccc2oc(NCCCC3CCCC3)nc12. The molecule has 0 bridgehead atoms. The van der Waals surface area contributed by atoms with Crippen LogP contribution in [-0.4, -0.2) is 16.5 Å². The number of nitrogens with one attached hydrogen (secondary N) is 1. The summed E-state index contributed by atoms with van der Waals surface area (Å²) in [7, 11) is 0. The Kier molecular flexibility index (Phi) is 4.03. The molecule has 0 atom stereocenters. The molecule has 3 rings (SSSR count). The minimum Gasteiger partial charge on any atom is -0.423 e. The molecule has 1 aromatic heterocycles. The van der Waals surface area contributed by atoms with Crippen molar-refractivity contribution in [2.45, 2.75) is 38.5 Å². The molecule has 21 heavy (non-hydrogen) atoms. The number of non-ortho nitro benzene ring substituents is 1. The van der Waals surface area contributed by atoms with Gasteiger partial charge in [0.15, 0.2) is 11.1 Å². The fraction of sp³-hybridized carbons (Fsp3) is 0.533. The highest BCUT2D eigenvalue weighted by molar-refractivity contribution is 5.83. The molecule has 112 valence electrons. The van der Waals surface area contributed by atoms with Gasteiger partial charge < -0.3 is 9.73 Å². The van der Waals surface area contributed by atoms with E-state index in [0.717, 1.165) is 18.9 Å². The van der Waals surface area contributed by atoms with Crippen molar-refractivity contribution >= 4 is 22.8 Å². The van der Waals surface area contributed by atoms with Gasteiger partial charge in [0, 0.05) is 12.6 Å². The maximum atomic E-state index is 10.9. The summed E-state index contributed by atoms with van der Waals surface area (Å²) < 4.78 is 5.50. The van der Waals surface area contributed by atoms with Gasteiger partial charge in [-0.15, -0.1) is 0 Å². The zero-order valence-corrected chi connectivity index (χ0v) is 11.9. The van der Waals surface area contributed by atoms with E-state index in [0.29, 0.717) is 17.1 Å². The fourth-order valence-electron chi connectivity index (χ4n) is 3.04. The molecule has 1 aliphatic rings. The molecule has 0 aliphatic heterocycles. The van der Waals surface area contributed by atoms with Gasteiger partial charge in [-0.25, -0.2) is 0 Å². The molecule has 1 saturated carbocycles. The molecule has 6 heteroatoms. The Morgan fingerprint density at radius 2 is 2.19 bits per heavy atom. The van der Waals surface area contributed by atoms with Crippen LogP contribution in [0.4, 0.5) is 11.7 Å². The number of nitro benzene ring substituents is 1.